The third kappa shape index (κ3) is 5.79. The molecule has 0 saturated heterocycles. The molecule has 23 heavy (non-hydrogen) atoms. The van der Waals surface area contributed by atoms with Crippen molar-refractivity contribution in [2.75, 3.05) is 26.7 Å². The minimum atomic E-state index is -3.54. The molecule has 0 aliphatic carbocycles. The first-order valence-corrected chi connectivity index (χ1v) is 9.40. The van der Waals surface area contributed by atoms with Gasteiger partial charge in [0, 0.05) is 13.1 Å². The van der Waals surface area contributed by atoms with E-state index in [2.05, 4.69) is 13.8 Å². The van der Waals surface area contributed by atoms with Crippen molar-refractivity contribution in [3.05, 3.63) is 24.3 Å². The van der Waals surface area contributed by atoms with Crippen LogP contribution in [0.2, 0.25) is 0 Å². The van der Waals surface area contributed by atoms with E-state index in [0.29, 0.717) is 30.3 Å². The van der Waals surface area contributed by atoms with Gasteiger partial charge >= 0.3 is 0 Å². The van der Waals surface area contributed by atoms with Gasteiger partial charge in [-0.25, -0.2) is 8.42 Å². The molecule has 0 aliphatic rings. The zero-order valence-corrected chi connectivity index (χ0v) is 15.7. The number of hydrogen-bond donors (Lipinski definition) is 1. The maximum atomic E-state index is 13.0. The first-order chi connectivity index (χ1) is 10.6. The molecule has 0 radical (unpaired) electrons. The zero-order valence-electron chi connectivity index (χ0n) is 14.9. The molecule has 5 nitrogen and oxygen atoms in total. The van der Waals surface area contributed by atoms with Gasteiger partial charge in [-0.1, -0.05) is 27.7 Å². The lowest BCUT2D eigenvalue weighted by Gasteiger charge is -2.33. The molecule has 0 saturated carbocycles. The third-order valence-corrected chi connectivity index (χ3v) is 5.52. The average Bonchev–Trinajstić information content (AvgIpc) is 2.45. The number of nitrogens with two attached hydrogens (primary N) is 1. The molecule has 1 aromatic rings. The summed E-state index contributed by atoms with van der Waals surface area (Å²) in [5.74, 6) is 0.888. The van der Waals surface area contributed by atoms with Crippen LogP contribution >= 0.6 is 0 Å². The minimum Gasteiger partial charge on any atom is -0.497 e. The van der Waals surface area contributed by atoms with Gasteiger partial charge in [0.2, 0.25) is 10.0 Å². The summed E-state index contributed by atoms with van der Waals surface area (Å²) in [6.45, 7) is 9.64. The highest BCUT2D eigenvalue weighted by Gasteiger charge is 2.30. The van der Waals surface area contributed by atoms with E-state index >= 15 is 0 Å². The van der Waals surface area contributed by atoms with E-state index in [0.717, 1.165) is 6.42 Å². The molecule has 0 fully saturated rings. The van der Waals surface area contributed by atoms with Crippen molar-refractivity contribution >= 4 is 10.0 Å². The second kappa shape index (κ2) is 8.13. The quantitative estimate of drug-likeness (QED) is 0.749. The van der Waals surface area contributed by atoms with E-state index in [1.54, 1.807) is 35.7 Å². The smallest absolute Gasteiger partial charge is 0.243 e. The second-order valence-electron chi connectivity index (χ2n) is 7.07. The van der Waals surface area contributed by atoms with Crippen LogP contribution in [0.3, 0.4) is 0 Å². The van der Waals surface area contributed by atoms with Gasteiger partial charge in [0.25, 0.3) is 0 Å². The molecule has 2 N–H and O–H groups in total. The molecule has 1 aromatic carbocycles. The van der Waals surface area contributed by atoms with E-state index in [-0.39, 0.29) is 11.3 Å². The molecule has 0 aromatic heterocycles. The molecule has 0 bridgehead atoms. The summed E-state index contributed by atoms with van der Waals surface area (Å²) >= 11 is 0. The molecule has 0 spiro atoms. The van der Waals surface area contributed by atoms with Gasteiger partial charge in [-0.3, -0.25) is 0 Å². The molecule has 0 atom stereocenters. The Bertz CT molecular complexity index is 580. The highest BCUT2D eigenvalue weighted by Crippen LogP contribution is 2.27. The predicted octanol–water partition coefficient (Wildman–Crippen LogP) is 2.72. The van der Waals surface area contributed by atoms with E-state index in [1.165, 1.54) is 0 Å². The Labute approximate surface area is 140 Å². The van der Waals surface area contributed by atoms with E-state index < -0.39 is 10.0 Å². The van der Waals surface area contributed by atoms with Gasteiger partial charge < -0.3 is 10.5 Å². The Morgan fingerprint density at radius 2 is 1.78 bits per heavy atom. The first-order valence-electron chi connectivity index (χ1n) is 7.96. The second-order valence-corrected chi connectivity index (χ2v) is 9.01. The Morgan fingerprint density at radius 3 is 2.22 bits per heavy atom. The molecule has 1 rings (SSSR count). The minimum absolute atomic E-state index is 0.164. The standard InChI is InChI=1S/C17H30N2O3S/c1-14(2)12-19(13-17(3,4)10-11-18)23(20,21)16-8-6-15(22-5)7-9-16/h6-9,14H,10-13,18H2,1-5H3. The molecule has 132 valence electrons. The van der Waals surface area contributed by atoms with Crippen molar-refractivity contribution in [1.82, 2.24) is 4.31 Å². The molecule has 0 heterocycles. The van der Waals surface area contributed by atoms with Crippen molar-refractivity contribution in [3.63, 3.8) is 0 Å². The largest absolute Gasteiger partial charge is 0.497 e. The van der Waals surface area contributed by atoms with Crippen LogP contribution in [0.15, 0.2) is 29.2 Å². The van der Waals surface area contributed by atoms with Gasteiger partial charge in [-0.05, 0) is 48.6 Å². The van der Waals surface area contributed by atoms with Crippen molar-refractivity contribution in [1.29, 1.82) is 0 Å². The van der Waals surface area contributed by atoms with Gasteiger partial charge in [-0.15, -0.1) is 0 Å². The zero-order chi connectivity index (χ0) is 17.7. The summed E-state index contributed by atoms with van der Waals surface area (Å²) in [5.41, 5.74) is 5.50. The summed E-state index contributed by atoms with van der Waals surface area (Å²) in [4.78, 5) is 0.294. The monoisotopic (exact) mass is 342 g/mol. The first kappa shape index (κ1) is 19.9. The topological polar surface area (TPSA) is 72.6 Å². The summed E-state index contributed by atoms with van der Waals surface area (Å²) in [7, 11) is -1.98. The van der Waals surface area contributed by atoms with Crippen LogP contribution in [0, 0.1) is 11.3 Å². The Hall–Kier alpha value is -1.11. The van der Waals surface area contributed by atoms with Crippen LogP contribution < -0.4 is 10.5 Å². The van der Waals surface area contributed by atoms with Crippen LogP contribution in [0.4, 0.5) is 0 Å². The normalized spacial score (nSPS) is 12.9. The van der Waals surface area contributed by atoms with Crippen molar-refractivity contribution < 1.29 is 13.2 Å². The summed E-state index contributed by atoms with van der Waals surface area (Å²) < 4.78 is 32.7. The number of sulfonamides is 1. The van der Waals surface area contributed by atoms with Gasteiger partial charge in [0.1, 0.15) is 5.75 Å². The van der Waals surface area contributed by atoms with Gasteiger partial charge in [0.15, 0.2) is 0 Å². The number of hydrogen-bond acceptors (Lipinski definition) is 4. The molecule has 0 amide bonds. The summed E-state index contributed by atoms with van der Waals surface area (Å²) in [5, 5.41) is 0. The fourth-order valence-electron chi connectivity index (χ4n) is 2.50. The lowest BCUT2D eigenvalue weighted by atomic mass is 9.89. The fraction of sp³-hybridized carbons (Fsp3) is 0.647. The number of rotatable bonds is 9. The Kier molecular flexibility index (Phi) is 7.04. The highest BCUT2D eigenvalue weighted by atomic mass is 32.2. The van der Waals surface area contributed by atoms with Crippen molar-refractivity contribution in [2.45, 2.75) is 39.0 Å². The van der Waals surface area contributed by atoms with E-state index in [1.807, 2.05) is 13.8 Å². The summed E-state index contributed by atoms with van der Waals surface area (Å²) in [6, 6.07) is 6.53. The van der Waals surface area contributed by atoms with Crippen LogP contribution in [-0.4, -0.2) is 39.5 Å². The Morgan fingerprint density at radius 1 is 1.22 bits per heavy atom. The molecule has 0 unspecified atom stereocenters. The predicted molar refractivity (Wildman–Crippen MR) is 94.0 cm³/mol. The van der Waals surface area contributed by atoms with E-state index in [4.69, 9.17) is 10.5 Å². The lowest BCUT2D eigenvalue weighted by Crippen LogP contribution is -2.41. The van der Waals surface area contributed by atoms with Crippen molar-refractivity contribution in [3.8, 4) is 5.75 Å². The third-order valence-electron chi connectivity index (χ3n) is 3.69. The van der Waals surface area contributed by atoms with Crippen LogP contribution in [0.5, 0.6) is 5.75 Å². The van der Waals surface area contributed by atoms with Gasteiger partial charge in [-0.2, -0.15) is 4.31 Å². The van der Waals surface area contributed by atoms with Crippen LogP contribution in [0.1, 0.15) is 34.1 Å². The highest BCUT2D eigenvalue weighted by molar-refractivity contribution is 7.89. The molecule has 0 aliphatic heterocycles. The van der Waals surface area contributed by atoms with Crippen LogP contribution in [0.25, 0.3) is 0 Å². The number of benzene rings is 1. The maximum absolute atomic E-state index is 13.0. The summed E-state index contributed by atoms with van der Waals surface area (Å²) in [6.07, 6.45) is 0.778. The molecule has 6 heteroatoms. The fourth-order valence-corrected chi connectivity index (χ4v) is 4.29. The van der Waals surface area contributed by atoms with Gasteiger partial charge in [0.05, 0.1) is 12.0 Å². The lowest BCUT2D eigenvalue weighted by molar-refractivity contribution is 0.233. The average molecular weight is 343 g/mol. The van der Waals surface area contributed by atoms with E-state index in [9.17, 15) is 8.42 Å². The molecular weight excluding hydrogens is 312 g/mol. The molecular formula is C17H30N2O3S. The number of nitrogens with zero attached hydrogens (tertiary/aromatic N) is 1. The number of methoxy groups -OCH3 is 1. The Balaban J connectivity index is 3.12. The van der Waals surface area contributed by atoms with Crippen LogP contribution in [-0.2, 0) is 10.0 Å². The van der Waals surface area contributed by atoms with Crippen molar-refractivity contribution in [2.24, 2.45) is 17.1 Å². The maximum Gasteiger partial charge on any atom is 0.243 e. The number of ether oxygens (including phenoxy) is 1. The SMILES string of the molecule is COc1ccc(S(=O)(=O)N(CC(C)C)CC(C)(C)CCN)cc1.